The Hall–Kier alpha value is -0.770. The number of rotatable bonds is 5. The summed E-state index contributed by atoms with van der Waals surface area (Å²) in [4.78, 5) is 18.8. The second kappa shape index (κ2) is 5.04. The molecular formula is C10H18NO4P. The smallest absolute Gasteiger partial charge is 0.333 e. The summed E-state index contributed by atoms with van der Waals surface area (Å²) in [6.07, 6.45) is 2.74. The third kappa shape index (κ3) is 2.67. The molecule has 16 heavy (non-hydrogen) atoms. The molecule has 1 rings (SSSR count). The Labute approximate surface area is 94.8 Å². The van der Waals surface area contributed by atoms with Gasteiger partial charge in [-0.25, -0.2) is 0 Å². The Kier molecular flexibility index (Phi) is 4.19. The van der Waals surface area contributed by atoms with Gasteiger partial charge in [0.25, 0.3) is 0 Å². The lowest BCUT2D eigenvalue weighted by Gasteiger charge is -2.25. The van der Waals surface area contributed by atoms with Crippen molar-refractivity contribution in [1.29, 1.82) is 0 Å². The molecule has 0 fully saturated rings. The first-order valence-corrected chi connectivity index (χ1v) is 6.98. The lowest BCUT2D eigenvalue weighted by Crippen LogP contribution is -2.13. The van der Waals surface area contributed by atoms with E-state index in [1.807, 2.05) is 13.8 Å². The number of nitrogen functional groups attached to an aromatic ring is 1. The van der Waals surface area contributed by atoms with Gasteiger partial charge in [0.15, 0.2) is 5.88 Å². The topological polar surface area (TPSA) is 96.7 Å². The van der Waals surface area contributed by atoms with E-state index in [2.05, 4.69) is 0 Å². The first-order chi connectivity index (χ1) is 7.41. The molecule has 1 aromatic heterocycles. The molecule has 0 radical (unpaired) electrons. The Morgan fingerprint density at radius 2 is 2.00 bits per heavy atom. The minimum Gasteiger partial charge on any atom is -0.449 e. The molecule has 0 amide bonds. The summed E-state index contributed by atoms with van der Waals surface area (Å²) in [5.41, 5.74) is 5.13. The number of hydrogen-bond acceptors (Lipinski definition) is 3. The van der Waals surface area contributed by atoms with Gasteiger partial charge in [0.2, 0.25) is 0 Å². The van der Waals surface area contributed by atoms with Gasteiger partial charge in [-0.05, 0) is 12.0 Å². The van der Waals surface area contributed by atoms with E-state index >= 15 is 0 Å². The van der Waals surface area contributed by atoms with Gasteiger partial charge >= 0.3 is 7.60 Å². The number of anilines is 1. The Morgan fingerprint density at radius 1 is 1.44 bits per heavy atom. The normalized spacial score (nSPS) is 14.3. The molecule has 1 heterocycles. The monoisotopic (exact) mass is 247 g/mol. The number of nitrogens with two attached hydrogens (primary N) is 1. The standard InChI is InChI=1S/C10H18NO4P/c1-3-7(4-2)9(16(12,13)14)8-5-6-15-10(8)11/h5-7,9H,3-4,11H2,1-2H3,(H2,12,13,14). The molecule has 0 aromatic carbocycles. The lowest BCUT2D eigenvalue weighted by atomic mass is 9.95. The van der Waals surface area contributed by atoms with Gasteiger partial charge < -0.3 is 19.9 Å². The Bertz CT molecular complexity index is 380. The third-order valence-corrected chi connectivity index (χ3v) is 4.33. The van der Waals surface area contributed by atoms with Crippen LogP contribution < -0.4 is 5.73 Å². The molecule has 1 aromatic rings. The highest BCUT2D eigenvalue weighted by atomic mass is 31.2. The largest absolute Gasteiger partial charge is 0.449 e. The summed E-state index contributed by atoms with van der Waals surface area (Å²) in [6, 6.07) is 1.54. The second-order valence-corrected chi connectivity index (χ2v) is 5.59. The van der Waals surface area contributed by atoms with E-state index < -0.39 is 13.3 Å². The molecule has 5 nitrogen and oxygen atoms in total. The van der Waals surface area contributed by atoms with E-state index in [0.29, 0.717) is 18.4 Å². The first-order valence-electron chi connectivity index (χ1n) is 5.29. The van der Waals surface area contributed by atoms with Crippen LogP contribution >= 0.6 is 7.60 Å². The van der Waals surface area contributed by atoms with Crippen molar-refractivity contribution in [3.8, 4) is 0 Å². The van der Waals surface area contributed by atoms with Crippen LogP contribution in [0.25, 0.3) is 0 Å². The van der Waals surface area contributed by atoms with Gasteiger partial charge in [0.05, 0.1) is 11.9 Å². The molecule has 0 aliphatic rings. The second-order valence-electron chi connectivity index (χ2n) is 3.85. The fourth-order valence-electron chi connectivity index (χ4n) is 2.02. The van der Waals surface area contributed by atoms with E-state index in [1.54, 1.807) is 0 Å². The molecule has 0 saturated heterocycles. The summed E-state index contributed by atoms with van der Waals surface area (Å²) in [6.45, 7) is 3.82. The molecule has 1 unspecified atom stereocenters. The van der Waals surface area contributed by atoms with Gasteiger partial charge in [-0.3, -0.25) is 4.57 Å². The fourth-order valence-corrected chi connectivity index (χ4v) is 3.57. The van der Waals surface area contributed by atoms with Gasteiger partial charge in [0.1, 0.15) is 0 Å². The van der Waals surface area contributed by atoms with E-state index in [-0.39, 0.29) is 11.8 Å². The average molecular weight is 247 g/mol. The van der Waals surface area contributed by atoms with Crippen LogP contribution in [0.2, 0.25) is 0 Å². The zero-order valence-electron chi connectivity index (χ0n) is 9.46. The summed E-state index contributed by atoms with van der Waals surface area (Å²) >= 11 is 0. The van der Waals surface area contributed by atoms with E-state index in [1.165, 1.54) is 12.3 Å². The van der Waals surface area contributed by atoms with Crippen LogP contribution in [0.1, 0.15) is 37.9 Å². The molecule has 0 aliphatic carbocycles. The van der Waals surface area contributed by atoms with Gasteiger partial charge in [-0.1, -0.05) is 26.7 Å². The zero-order valence-corrected chi connectivity index (χ0v) is 10.4. The van der Waals surface area contributed by atoms with Crippen molar-refractivity contribution in [3.05, 3.63) is 17.9 Å². The maximum absolute atomic E-state index is 11.5. The Balaban J connectivity index is 3.16. The van der Waals surface area contributed by atoms with Crippen LogP contribution in [0.5, 0.6) is 0 Å². The van der Waals surface area contributed by atoms with E-state index in [4.69, 9.17) is 10.2 Å². The summed E-state index contributed by atoms with van der Waals surface area (Å²) in [5, 5.41) is 0. The van der Waals surface area contributed by atoms with Crippen molar-refractivity contribution in [1.82, 2.24) is 0 Å². The maximum Gasteiger partial charge on any atom is 0.333 e. The maximum atomic E-state index is 11.5. The molecule has 0 spiro atoms. The van der Waals surface area contributed by atoms with Crippen molar-refractivity contribution in [3.63, 3.8) is 0 Å². The van der Waals surface area contributed by atoms with Gasteiger partial charge in [0, 0.05) is 5.56 Å². The van der Waals surface area contributed by atoms with Crippen LogP contribution in [-0.4, -0.2) is 9.79 Å². The lowest BCUT2D eigenvalue weighted by molar-refractivity contribution is 0.326. The van der Waals surface area contributed by atoms with Crippen molar-refractivity contribution >= 4 is 13.5 Å². The van der Waals surface area contributed by atoms with Gasteiger partial charge in [-0.15, -0.1) is 0 Å². The molecule has 1 atom stereocenters. The molecule has 4 N–H and O–H groups in total. The summed E-state index contributed by atoms with van der Waals surface area (Å²) < 4.78 is 16.5. The van der Waals surface area contributed by atoms with Crippen LogP contribution in [0, 0.1) is 5.92 Å². The average Bonchev–Trinajstić information content (AvgIpc) is 2.58. The minimum atomic E-state index is -4.22. The molecule has 92 valence electrons. The SMILES string of the molecule is CCC(CC)C(c1ccoc1N)P(=O)(O)O. The molecule has 0 aliphatic heterocycles. The highest BCUT2D eigenvalue weighted by molar-refractivity contribution is 7.52. The van der Waals surface area contributed by atoms with Crippen molar-refractivity contribution in [2.45, 2.75) is 32.3 Å². The quantitative estimate of drug-likeness (QED) is 0.694. The Morgan fingerprint density at radius 3 is 2.31 bits per heavy atom. The third-order valence-electron chi connectivity index (χ3n) is 2.90. The predicted molar refractivity (Wildman–Crippen MR) is 62.0 cm³/mol. The summed E-state index contributed by atoms with van der Waals surface area (Å²) in [5.74, 6) is 0.000887. The minimum absolute atomic E-state index is 0.0965. The van der Waals surface area contributed by atoms with Crippen LogP contribution in [-0.2, 0) is 4.57 Å². The molecule has 6 heteroatoms. The van der Waals surface area contributed by atoms with Crippen LogP contribution in [0.4, 0.5) is 5.88 Å². The zero-order chi connectivity index (χ0) is 12.3. The molecule has 0 saturated carbocycles. The van der Waals surface area contributed by atoms with Gasteiger partial charge in [-0.2, -0.15) is 0 Å². The highest BCUT2D eigenvalue weighted by Gasteiger charge is 2.38. The first kappa shape index (κ1) is 13.3. The predicted octanol–water partition coefficient (Wildman–Crippen LogP) is 2.52. The van der Waals surface area contributed by atoms with Crippen LogP contribution in [0.3, 0.4) is 0 Å². The number of hydrogen-bond donors (Lipinski definition) is 3. The molecule has 0 bridgehead atoms. The highest BCUT2D eigenvalue weighted by Crippen LogP contribution is 2.58. The van der Waals surface area contributed by atoms with Crippen LogP contribution in [0.15, 0.2) is 16.7 Å². The van der Waals surface area contributed by atoms with E-state index in [0.717, 1.165) is 0 Å². The van der Waals surface area contributed by atoms with E-state index in [9.17, 15) is 14.4 Å². The van der Waals surface area contributed by atoms with Crippen molar-refractivity contribution in [2.24, 2.45) is 5.92 Å². The van der Waals surface area contributed by atoms with Crippen molar-refractivity contribution < 1.29 is 18.8 Å². The fraction of sp³-hybridized carbons (Fsp3) is 0.600. The van der Waals surface area contributed by atoms with Crippen molar-refractivity contribution in [2.75, 3.05) is 5.73 Å². The summed E-state index contributed by atoms with van der Waals surface area (Å²) in [7, 11) is -4.22. The molecular weight excluding hydrogens is 229 g/mol. The number of furan rings is 1.